The van der Waals surface area contributed by atoms with E-state index in [1.165, 1.54) is 5.56 Å². The van der Waals surface area contributed by atoms with Crippen LogP contribution in [0.15, 0.2) is 69.9 Å². The first-order valence-corrected chi connectivity index (χ1v) is 8.67. The van der Waals surface area contributed by atoms with E-state index in [0.717, 1.165) is 30.7 Å². The average molecular weight is 285 g/mol. The highest BCUT2D eigenvalue weighted by molar-refractivity contribution is 7.94. The predicted octanol–water partition coefficient (Wildman–Crippen LogP) is 3.92. The number of hydrogen-bond acceptors (Lipinski definition) is 2. The summed E-state index contributed by atoms with van der Waals surface area (Å²) in [5, 5.41) is 0.126. The van der Waals surface area contributed by atoms with Crippen LogP contribution in [0.2, 0.25) is 0 Å². The highest BCUT2D eigenvalue weighted by Gasteiger charge is 2.27. The van der Waals surface area contributed by atoms with Gasteiger partial charge in [0.2, 0.25) is 0 Å². The van der Waals surface area contributed by atoms with Gasteiger partial charge in [-0.25, -0.2) is 8.57 Å². The predicted molar refractivity (Wildman–Crippen MR) is 83.3 cm³/mol. The molecule has 20 heavy (non-hydrogen) atoms. The fourth-order valence-electron chi connectivity index (χ4n) is 2.76. The lowest BCUT2D eigenvalue weighted by molar-refractivity contribution is 0.612. The average Bonchev–Trinajstić information content (AvgIpc) is 2.52. The summed E-state index contributed by atoms with van der Waals surface area (Å²) in [6.07, 6.45) is 2.88. The lowest BCUT2D eigenvalue weighted by Crippen LogP contribution is -2.27. The Kier molecular flexibility index (Phi) is 3.88. The largest absolute Gasteiger partial charge is 0.244 e. The van der Waals surface area contributed by atoms with E-state index in [-0.39, 0.29) is 5.25 Å². The fourth-order valence-corrected chi connectivity index (χ4v) is 5.36. The van der Waals surface area contributed by atoms with E-state index < -0.39 is 9.73 Å². The molecule has 0 saturated heterocycles. The molecule has 2 nitrogen and oxygen atoms in total. The van der Waals surface area contributed by atoms with Crippen LogP contribution in [-0.2, 0) is 16.1 Å². The van der Waals surface area contributed by atoms with Crippen molar-refractivity contribution in [3.05, 3.63) is 66.2 Å². The third-order valence-electron chi connectivity index (χ3n) is 3.81. The first-order valence-electron chi connectivity index (χ1n) is 7.10. The molecule has 2 aromatic rings. The summed E-state index contributed by atoms with van der Waals surface area (Å²) in [7, 11) is -2.28. The topological polar surface area (TPSA) is 29.4 Å². The first kappa shape index (κ1) is 13.4. The molecule has 1 heterocycles. The molecule has 0 amide bonds. The normalized spacial score (nSPS) is 25.9. The lowest BCUT2D eigenvalue weighted by Gasteiger charge is -2.25. The molecule has 0 fully saturated rings. The summed E-state index contributed by atoms with van der Waals surface area (Å²) in [5.74, 6) is 0. The standard InChI is InChI=1S/C17H19NOS/c19-20(16-10-5-2-6-11-16)17(12-7-13-18-20)14-15-8-3-1-4-9-15/h1-6,8-11,17H,7,12-14H2/t17-,20+/m0/s1. The smallest absolute Gasteiger partial charge is 0.0784 e. The van der Waals surface area contributed by atoms with E-state index in [1.54, 1.807) is 0 Å². The van der Waals surface area contributed by atoms with Crippen molar-refractivity contribution < 1.29 is 4.21 Å². The maximum absolute atomic E-state index is 13.4. The van der Waals surface area contributed by atoms with Gasteiger partial charge in [0.05, 0.1) is 15.0 Å². The first-order chi connectivity index (χ1) is 9.79. The molecular formula is C17H19NOS. The van der Waals surface area contributed by atoms with Crippen LogP contribution in [0, 0.1) is 0 Å². The molecule has 1 aliphatic rings. The van der Waals surface area contributed by atoms with Gasteiger partial charge in [-0.3, -0.25) is 0 Å². The molecule has 104 valence electrons. The Balaban J connectivity index is 1.96. The van der Waals surface area contributed by atoms with E-state index in [9.17, 15) is 4.21 Å². The second kappa shape index (κ2) is 5.80. The summed E-state index contributed by atoms with van der Waals surface area (Å²) in [5.41, 5.74) is 1.25. The van der Waals surface area contributed by atoms with Crippen molar-refractivity contribution in [1.29, 1.82) is 0 Å². The van der Waals surface area contributed by atoms with Gasteiger partial charge in [0.1, 0.15) is 0 Å². The molecule has 2 atom stereocenters. The van der Waals surface area contributed by atoms with Gasteiger partial charge in [-0.15, -0.1) is 0 Å². The number of nitrogens with zero attached hydrogens (tertiary/aromatic N) is 1. The van der Waals surface area contributed by atoms with Gasteiger partial charge in [-0.2, -0.15) is 0 Å². The minimum atomic E-state index is -2.28. The van der Waals surface area contributed by atoms with Gasteiger partial charge >= 0.3 is 0 Å². The van der Waals surface area contributed by atoms with Crippen molar-refractivity contribution in [2.24, 2.45) is 4.36 Å². The van der Waals surface area contributed by atoms with E-state index >= 15 is 0 Å². The number of benzene rings is 2. The van der Waals surface area contributed by atoms with Crippen molar-refractivity contribution in [3.8, 4) is 0 Å². The third-order valence-corrected chi connectivity index (χ3v) is 6.63. The zero-order chi connectivity index (χ0) is 13.8. The highest BCUT2D eigenvalue weighted by Crippen LogP contribution is 2.28. The van der Waals surface area contributed by atoms with Crippen LogP contribution in [0.3, 0.4) is 0 Å². The minimum absolute atomic E-state index is 0.126. The summed E-state index contributed by atoms with van der Waals surface area (Å²) >= 11 is 0. The van der Waals surface area contributed by atoms with Crippen molar-refractivity contribution in [2.75, 3.05) is 6.54 Å². The molecule has 3 rings (SSSR count). The molecule has 2 aromatic carbocycles. The van der Waals surface area contributed by atoms with Crippen molar-refractivity contribution in [2.45, 2.75) is 29.4 Å². The Morgan fingerprint density at radius 3 is 2.35 bits per heavy atom. The quantitative estimate of drug-likeness (QED) is 0.840. The van der Waals surface area contributed by atoms with Crippen molar-refractivity contribution >= 4 is 9.73 Å². The second-order valence-corrected chi connectivity index (χ2v) is 7.72. The third kappa shape index (κ3) is 2.63. The molecule has 0 N–H and O–H groups in total. The monoisotopic (exact) mass is 285 g/mol. The van der Waals surface area contributed by atoms with Gasteiger partial charge in [0.15, 0.2) is 0 Å². The molecule has 0 bridgehead atoms. The molecule has 0 aromatic heterocycles. The summed E-state index contributed by atoms with van der Waals surface area (Å²) in [4.78, 5) is 0.889. The zero-order valence-corrected chi connectivity index (χ0v) is 12.3. The minimum Gasteiger partial charge on any atom is -0.244 e. The fraction of sp³-hybridized carbons (Fsp3) is 0.294. The van der Waals surface area contributed by atoms with Crippen molar-refractivity contribution in [3.63, 3.8) is 0 Å². The van der Waals surface area contributed by atoms with E-state index in [2.05, 4.69) is 16.5 Å². The van der Waals surface area contributed by atoms with Crippen LogP contribution < -0.4 is 0 Å². The lowest BCUT2D eigenvalue weighted by atomic mass is 10.1. The Hall–Kier alpha value is -1.61. The molecule has 3 heteroatoms. The van der Waals surface area contributed by atoms with Gasteiger partial charge < -0.3 is 0 Å². The number of hydrogen-bond donors (Lipinski definition) is 0. The molecule has 0 saturated carbocycles. The Bertz CT molecular complexity index is 673. The van der Waals surface area contributed by atoms with Crippen LogP contribution in [0.1, 0.15) is 18.4 Å². The second-order valence-electron chi connectivity index (χ2n) is 5.19. The molecule has 0 aliphatic carbocycles. The van der Waals surface area contributed by atoms with Gasteiger partial charge in [0.25, 0.3) is 0 Å². The van der Waals surface area contributed by atoms with E-state index in [0.29, 0.717) is 0 Å². The van der Waals surface area contributed by atoms with Crippen molar-refractivity contribution in [1.82, 2.24) is 0 Å². The summed E-state index contributed by atoms with van der Waals surface area (Å²) < 4.78 is 17.9. The maximum atomic E-state index is 13.4. The van der Waals surface area contributed by atoms with Crippen LogP contribution in [0.4, 0.5) is 0 Å². The Morgan fingerprint density at radius 1 is 1.00 bits per heavy atom. The van der Waals surface area contributed by atoms with Crippen LogP contribution in [0.25, 0.3) is 0 Å². The van der Waals surface area contributed by atoms with Gasteiger partial charge in [0, 0.05) is 11.4 Å². The Labute approximate surface area is 121 Å². The van der Waals surface area contributed by atoms with Gasteiger partial charge in [-0.1, -0.05) is 48.5 Å². The molecule has 0 spiro atoms. The molecule has 1 aliphatic heterocycles. The SMILES string of the molecule is O=[S@@]1(c2ccccc2)=NCCC[C@H]1Cc1ccccc1. The van der Waals surface area contributed by atoms with E-state index in [4.69, 9.17) is 0 Å². The molecule has 0 radical (unpaired) electrons. The summed E-state index contributed by atoms with van der Waals surface area (Å²) in [6.45, 7) is 0.721. The molecular weight excluding hydrogens is 266 g/mol. The van der Waals surface area contributed by atoms with Crippen LogP contribution in [-0.4, -0.2) is 16.0 Å². The molecule has 0 unspecified atom stereocenters. The Morgan fingerprint density at radius 2 is 1.65 bits per heavy atom. The van der Waals surface area contributed by atoms with Crippen LogP contribution >= 0.6 is 0 Å². The van der Waals surface area contributed by atoms with Crippen LogP contribution in [0.5, 0.6) is 0 Å². The summed E-state index contributed by atoms with van der Waals surface area (Å²) in [6, 6.07) is 20.1. The van der Waals surface area contributed by atoms with E-state index in [1.807, 2.05) is 48.5 Å². The number of rotatable bonds is 3. The highest BCUT2D eigenvalue weighted by atomic mass is 32.2. The van der Waals surface area contributed by atoms with Gasteiger partial charge in [-0.05, 0) is 37.0 Å². The zero-order valence-electron chi connectivity index (χ0n) is 11.4. The maximum Gasteiger partial charge on any atom is 0.0784 e.